The summed E-state index contributed by atoms with van der Waals surface area (Å²) in [6.45, 7) is -0.0208. The lowest BCUT2D eigenvalue weighted by molar-refractivity contribution is 0.143. The Morgan fingerprint density at radius 3 is 2.47 bits per heavy atom. The minimum absolute atomic E-state index is 0.0208. The van der Waals surface area contributed by atoms with Gasteiger partial charge in [-0.25, -0.2) is 13.8 Å². The smallest absolute Gasteiger partial charge is 0.280 e. The van der Waals surface area contributed by atoms with E-state index >= 15 is 0 Å². The minimum atomic E-state index is -2.68. The number of halogens is 2. The van der Waals surface area contributed by atoms with Crippen LogP contribution in [0.4, 0.5) is 8.78 Å². The van der Waals surface area contributed by atoms with Gasteiger partial charge in [0, 0.05) is 6.54 Å². The molecule has 0 radical (unpaired) electrons. The van der Waals surface area contributed by atoms with Crippen LogP contribution in [0.5, 0.6) is 11.6 Å². The van der Waals surface area contributed by atoms with Gasteiger partial charge in [0.15, 0.2) is 5.75 Å². The van der Waals surface area contributed by atoms with Gasteiger partial charge in [0.25, 0.3) is 12.3 Å². The highest BCUT2D eigenvalue weighted by atomic mass is 19.3. The molecule has 1 heterocycles. The zero-order valence-electron chi connectivity index (χ0n) is 8.46. The van der Waals surface area contributed by atoms with Gasteiger partial charge in [0.05, 0.1) is 14.2 Å². The van der Waals surface area contributed by atoms with Crippen LogP contribution in [0.3, 0.4) is 0 Å². The Bertz CT molecular complexity index is 345. The van der Waals surface area contributed by atoms with E-state index in [9.17, 15) is 8.78 Å². The molecule has 0 aromatic carbocycles. The zero-order valence-corrected chi connectivity index (χ0v) is 8.46. The van der Waals surface area contributed by atoms with Crippen LogP contribution >= 0.6 is 0 Å². The number of nitrogens with two attached hydrogens (primary N) is 1. The van der Waals surface area contributed by atoms with Crippen molar-refractivity contribution in [1.82, 2.24) is 4.98 Å². The van der Waals surface area contributed by atoms with E-state index in [0.717, 1.165) is 0 Å². The van der Waals surface area contributed by atoms with Crippen molar-refractivity contribution in [3.8, 4) is 11.6 Å². The van der Waals surface area contributed by atoms with E-state index in [0.29, 0.717) is 5.75 Å². The quantitative estimate of drug-likeness (QED) is 0.831. The second-order valence-electron chi connectivity index (χ2n) is 2.75. The van der Waals surface area contributed by atoms with Gasteiger partial charge in [-0.3, -0.25) is 0 Å². The van der Waals surface area contributed by atoms with Crippen LogP contribution < -0.4 is 15.2 Å². The number of rotatable bonds is 4. The highest BCUT2D eigenvalue weighted by Crippen LogP contribution is 2.31. The van der Waals surface area contributed by atoms with Crippen molar-refractivity contribution in [3.63, 3.8) is 0 Å². The van der Waals surface area contributed by atoms with Crippen LogP contribution in [-0.2, 0) is 6.54 Å². The normalized spacial score (nSPS) is 10.5. The summed E-state index contributed by atoms with van der Waals surface area (Å²) in [5.74, 6) is 0.326. The first-order valence-corrected chi connectivity index (χ1v) is 4.24. The number of hydrogen-bond donors (Lipinski definition) is 1. The predicted molar refractivity (Wildman–Crippen MR) is 50.2 cm³/mol. The van der Waals surface area contributed by atoms with Crippen molar-refractivity contribution in [2.75, 3.05) is 14.2 Å². The second-order valence-corrected chi connectivity index (χ2v) is 2.75. The van der Waals surface area contributed by atoms with Crippen LogP contribution in [0.2, 0.25) is 0 Å². The summed E-state index contributed by atoms with van der Waals surface area (Å²) in [6.07, 6.45) is -2.68. The number of methoxy groups -OCH3 is 2. The van der Waals surface area contributed by atoms with E-state index in [4.69, 9.17) is 15.2 Å². The maximum absolute atomic E-state index is 12.6. The van der Waals surface area contributed by atoms with E-state index in [-0.39, 0.29) is 23.7 Å². The summed E-state index contributed by atoms with van der Waals surface area (Å²) in [5.41, 5.74) is 5.22. The molecule has 0 saturated heterocycles. The van der Waals surface area contributed by atoms with Crippen LogP contribution in [0.15, 0.2) is 6.07 Å². The Hall–Kier alpha value is -1.43. The molecule has 1 aromatic heterocycles. The van der Waals surface area contributed by atoms with Gasteiger partial charge in [0.2, 0.25) is 0 Å². The molecule has 0 aliphatic carbocycles. The van der Waals surface area contributed by atoms with E-state index in [1.165, 1.54) is 20.3 Å². The lowest BCUT2D eigenvalue weighted by atomic mass is 10.2. The highest BCUT2D eigenvalue weighted by Gasteiger charge is 2.18. The average molecular weight is 218 g/mol. The molecule has 15 heavy (non-hydrogen) atoms. The average Bonchev–Trinajstić information content (AvgIpc) is 2.26. The zero-order chi connectivity index (χ0) is 11.4. The standard InChI is InChI=1S/C9H12F2N2O2/c1-14-6-3-5(4-12)7(8(10)11)13-9(6)15-2/h3,8H,4,12H2,1-2H3. The lowest BCUT2D eigenvalue weighted by Gasteiger charge is -2.11. The van der Waals surface area contributed by atoms with Gasteiger partial charge in [-0.05, 0) is 11.6 Å². The van der Waals surface area contributed by atoms with E-state index < -0.39 is 6.43 Å². The number of hydrogen-bond acceptors (Lipinski definition) is 4. The Kier molecular flexibility index (Phi) is 3.79. The van der Waals surface area contributed by atoms with Gasteiger partial charge in [-0.2, -0.15) is 0 Å². The molecular formula is C9H12F2N2O2. The maximum atomic E-state index is 12.6. The number of aromatic nitrogens is 1. The number of alkyl halides is 2. The van der Waals surface area contributed by atoms with Gasteiger partial charge in [-0.15, -0.1) is 0 Å². The summed E-state index contributed by atoms with van der Waals surface area (Å²) in [5, 5.41) is 0. The van der Waals surface area contributed by atoms with Gasteiger partial charge < -0.3 is 15.2 Å². The molecule has 1 rings (SSSR count). The monoisotopic (exact) mass is 218 g/mol. The molecular weight excluding hydrogens is 206 g/mol. The third kappa shape index (κ3) is 2.33. The number of nitrogens with zero attached hydrogens (tertiary/aromatic N) is 1. The topological polar surface area (TPSA) is 57.4 Å². The maximum Gasteiger partial charge on any atom is 0.280 e. The molecule has 0 spiro atoms. The summed E-state index contributed by atoms with van der Waals surface area (Å²) in [6, 6.07) is 1.41. The number of pyridine rings is 1. The van der Waals surface area contributed by atoms with Crippen LogP contribution in [-0.4, -0.2) is 19.2 Å². The first-order valence-electron chi connectivity index (χ1n) is 4.24. The largest absolute Gasteiger partial charge is 0.491 e. The van der Waals surface area contributed by atoms with Crippen LogP contribution in [0, 0.1) is 0 Å². The summed E-state index contributed by atoms with van der Waals surface area (Å²) in [4.78, 5) is 3.66. The van der Waals surface area contributed by atoms with E-state index in [1.807, 2.05) is 0 Å². The van der Waals surface area contributed by atoms with E-state index in [2.05, 4.69) is 4.98 Å². The first-order chi connectivity index (χ1) is 7.13. The Balaban J connectivity index is 3.27. The molecule has 84 valence electrons. The minimum Gasteiger partial charge on any atom is -0.491 e. The molecule has 6 heteroatoms. The molecule has 2 N–H and O–H groups in total. The molecule has 0 aliphatic heterocycles. The van der Waals surface area contributed by atoms with Gasteiger partial charge in [-0.1, -0.05) is 0 Å². The lowest BCUT2D eigenvalue weighted by Crippen LogP contribution is -2.07. The van der Waals surface area contributed by atoms with Crippen molar-refractivity contribution in [2.45, 2.75) is 13.0 Å². The van der Waals surface area contributed by atoms with E-state index in [1.54, 1.807) is 0 Å². The molecule has 0 bridgehead atoms. The SMILES string of the molecule is COc1cc(CN)c(C(F)F)nc1OC. The van der Waals surface area contributed by atoms with Crippen molar-refractivity contribution >= 4 is 0 Å². The first kappa shape index (κ1) is 11.6. The Morgan fingerprint density at radius 1 is 1.40 bits per heavy atom. The molecule has 0 aliphatic rings. The third-order valence-corrected chi connectivity index (χ3v) is 1.91. The van der Waals surface area contributed by atoms with Crippen molar-refractivity contribution in [3.05, 3.63) is 17.3 Å². The van der Waals surface area contributed by atoms with Crippen molar-refractivity contribution in [1.29, 1.82) is 0 Å². The van der Waals surface area contributed by atoms with Gasteiger partial charge in [0.1, 0.15) is 5.69 Å². The molecule has 4 nitrogen and oxygen atoms in total. The predicted octanol–water partition coefficient (Wildman–Crippen LogP) is 1.50. The molecule has 0 unspecified atom stereocenters. The van der Waals surface area contributed by atoms with Crippen LogP contribution in [0.25, 0.3) is 0 Å². The Labute approximate surface area is 86.0 Å². The molecule has 1 aromatic rings. The van der Waals surface area contributed by atoms with Crippen molar-refractivity contribution < 1.29 is 18.3 Å². The third-order valence-electron chi connectivity index (χ3n) is 1.91. The summed E-state index contributed by atoms with van der Waals surface area (Å²) < 4.78 is 34.8. The summed E-state index contributed by atoms with van der Waals surface area (Å²) >= 11 is 0. The molecule has 0 amide bonds. The Morgan fingerprint density at radius 2 is 2.07 bits per heavy atom. The molecule has 0 saturated carbocycles. The second kappa shape index (κ2) is 4.88. The highest BCUT2D eigenvalue weighted by molar-refractivity contribution is 5.40. The van der Waals surface area contributed by atoms with Gasteiger partial charge >= 0.3 is 0 Å². The fourth-order valence-corrected chi connectivity index (χ4v) is 1.18. The summed E-state index contributed by atoms with van der Waals surface area (Å²) in [7, 11) is 2.74. The molecule has 0 atom stereocenters. The van der Waals surface area contributed by atoms with Crippen LogP contribution in [0.1, 0.15) is 17.7 Å². The number of ether oxygens (including phenoxy) is 2. The fourth-order valence-electron chi connectivity index (χ4n) is 1.18. The molecule has 0 fully saturated rings. The fraction of sp³-hybridized carbons (Fsp3) is 0.444. The van der Waals surface area contributed by atoms with Crippen molar-refractivity contribution in [2.24, 2.45) is 5.73 Å².